The SMILES string of the molecule is CCc1ccccc1NC(=O)CCN1CCN(c2cccc(Cl)c2)CC1. The lowest BCUT2D eigenvalue weighted by molar-refractivity contribution is -0.116. The van der Waals surface area contributed by atoms with Gasteiger partial charge in [0.2, 0.25) is 5.91 Å². The number of halogens is 1. The maximum Gasteiger partial charge on any atom is 0.225 e. The molecule has 0 bridgehead atoms. The van der Waals surface area contributed by atoms with Crippen LogP contribution in [0.2, 0.25) is 5.02 Å². The Kier molecular flexibility index (Phi) is 6.53. The van der Waals surface area contributed by atoms with Gasteiger partial charge in [-0.25, -0.2) is 0 Å². The molecule has 0 radical (unpaired) electrons. The van der Waals surface area contributed by atoms with Crippen molar-refractivity contribution in [1.82, 2.24) is 4.90 Å². The summed E-state index contributed by atoms with van der Waals surface area (Å²) in [5, 5.41) is 3.82. The van der Waals surface area contributed by atoms with Crippen LogP contribution in [-0.2, 0) is 11.2 Å². The Labute approximate surface area is 160 Å². The zero-order chi connectivity index (χ0) is 18.4. The van der Waals surface area contributed by atoms with Crippen LogP contribution < -0.4 is 10.2 Å². The number of carbonyl (C=O) groups is 1. The summed E-state index contributed by atoms with van der Waals surface area (Å²) >= 11 is 6.08. The summed E-state index contributed by atoms with van der Waals surface area (Å²) in [6, 6.07) is 16.0. The molecule has 26 heavy (non-hydrogen) atoms. The minimum absolute atomic E-state index is 0.0863. The molecule has 0 aromatic heterocycles. The van der Waals surface area contributed by atoms with Gasteiger partial charge in [0.15, 0.2) is 0 Å². The second-order valence-electron chi connectivity index (χ2n) is 6.62. The molecule has 0 unspecified atom stereocenters. The maximum absolute atomic E-state index is 12.3. The molecular weight excluding hydrogens is 346 g/mol. The maximum atomic E-state index is 12.3. The number of hydrogen-bond acceptors (Lipinski definition) is 3. The van der Waals surface area contributed by atoms with Crippen molar-refractivity contribution in [3.05, 3.63) is 59.1 Å². The number of hydrogen-bond donors (Lipinski definition) is 1. The van der Waals surface area contributed by atoms with Crippen LogP contribution in [0.15, 0.2) is 48.5 Å². The number of nitrogens with zero attached hydrogens (tertiary/aromatic N) is 2. The summed E-state index contributed by atoms with van der Waals surface area (Å²) in [5.74, 6) is 0.0863. The van der Waals surface area contributed by atoms with Gasteiger partial charge < -0.3 is 10.2 Å². The number of piperazine rings is 1. The van der Waals surface area contributed by atoms with Gasteiger partial charge in [0.1, 0.15) is 0 Å². The van der Waals surface area contributed by atoms with Crippen LogP contribution in [-0.4, -0.2) is 43.5 Å². The predicted octanol–water partition coefficient (Wildman–Crippen LogP) is 4.05. The second-order valence-corrected chi connectivity index (χ2v) is 7.05. The zero-order valence-corrected chi connectivity index (χ0v) is 16.0. The van der Waals surface area contributed by atoms with Crippen molar-refractivity contribution in [2.24, 2.45) is 0 Å². The molecule has 4 nitrogen and oxygen atoms in total. The predicted molar refractivity (Wildman–Crippen MR) is 109 cm³/mol. The number of carbonyl (C=O) groups excluding carboxylic acids is 1. The molecule has 1 heterocycles. The van der Waals surface area contributed by atoms with Crippen molar-refractivity contribution < 1.29 is 4.79 Å². The van der Waals surface area contributed by atoms with E-state index in [9.17, 15) is 4.79 Å². The normalized spacial score (nSPS) is 15.1. The van der Waals surface area contributed by atoms with Gasteiger partial charge in [0.05, 0.1) is 0 Å². The van der Waals surface area contributed by atoms with Crippen LogP contribution in [0.5, 0.6) is 0 Å². The molecule has 1 amide bonds. The number of nitrogens with one attached hydrogen (secondary N) is 1. The van der Waals surface area contributed by atoms with Crippen LogP contribution >= 0.6 is 11.6 Å². The molecule has 138 valence electrons. The van der Waals surface area contributed by atoms with Crippen LogP contribution in [0.4, 0.5) is 11.4 Å². The highest BCUT2D eigenvalue weighted by molar-refractivity contribution is 6.30. The minimum atomic E-state index is 0.0863. The van der Waals surface area contributed by atoms with Gasteiger partial charge >= 0.3 is 0 Å². The number of amides is 1. The Hall–Kier alpha value is -2.04. The van der Waals surface area contributed by atoms with E-state index in [4.69, 9.17) is 11.6 Å². The molecule has 0 spiro atoms. The van der Waals surface area contributed by atoms with Gasteiger partial charge in [-0.1, -0.05) is 42.8 Å². The Morgan fingerprint density at radius 1 is 1.08 bits per heavy atom. The second kappa shape index (κ2) is 9.06. The molecule has 1 aliphatic rings. The van der Waals surface area contributed by atoms with Crippen molar-refractivity contribution in [3.8, 4) is 0 Å². The highest BCUT2D eigenvalue weighted by Crippen LogP contribution is 2.21. The fourth-order valence-electron chi connectivity index (χ4n) is 3.33. The lowest BCUT2D eigenvalue weighted by Crippen LogP contribution is -2.47. The lowest BCUT2D eigenvalue weighted by atomic mass is 10.1. The first kappa shape index (κ1) is 18.7. The van der Waals surface area contributed by atoms with Crippen LogP contribution in [0.1, 0.15) is 18.9 Å². The van der Waals surface area contributed by atoms with Crippen molar-refractivity contribution in [1.29, 1.82) is 0 Å². The van der Waals surface area contributed by atoms with E-state index in [0.29, 0.717) is 6.42 Å². The number of benzene rings is 2. The van der Waals surface area contributed by atoms with Crippen molar-refractivity contribution in [3.63, 3.8) is 0 Å². The van der Waals surface area contributed by atoms with E-state index in [1.807, 2.05) is 36.4 Å². The fourth-order valence-corrected chi connectivity index (χ4v) is 3.51. The molecule has 2 aromatic rings. The van der Waals surface area contributed by atoms with E-state index in [1.54, 1.807) is 0 Å². The number of para-hydroxylation sites is 1. The highest BCUT2D eigenvalue weighted by atomic mass is 35.5. The van der Waals surface area contributed by atoms with E-state index < -0.39 is 0 Å². The van der Waals surface area contributed by atoms with Crippen LogP contribution in [0.25, 0.3) is 0 Å². The molecule has 1 N–H and O–H groups in total. The fraction of sp³-hybridized carbons (Fsp3) is 0.381. The zero-order valence-electron chi connectivity index (χ0n) is 15.2. The summed E-state index contributed by atoms with van der Waals surface area (Å²) in [6.07, 6.45) is 1.44. The summed E-state index contributed by atoms with van der Waals surface area (Å²) in [6.45, 7) is 6.74. The van der Waals surface area contributed by atoms with Gasteiger partial charge in [-0.2, -0.15) is 0 Å². The van der Waals surface area contributed by atoms with E-state index in [-0.39, 0.29) is 5.91 Å². The summed E-state index contributed by atoms with van der Waals surface area (Å²) < 4.78 is 0. The molecule has 0 atom stereocenters. The molecule has 1 fully saturated rings. The third-order valence-electron chi connectivity index (χ3n) is 4.87. The van der Waals surface area contributed by atoms with Crippen molar-refractivity contribution in [2.45, 2.75) is 19.8 Å². The monoisotopic (exact) mass is 371 g/mol. The number of anilines is 2. The quantitative estimate of drug-likeness (QED) is 0.831. The lowest BCUT2D eigenvalue weighted by Gasteiger charge is -2.36. The number of aryl methyl sites for hydroxylation is 1. The van der Waals surface area contributed by atoms with E-state index >= 15 is 0 Å². The third kappa shape index (κ3) is 4.99. The Balaban J connectivity index is 1.44. The van der Waals surface area contributed by atoms with Gasteiger partial charge in [0.25, 0.3) is 0 Å². The van der Waals surface area contributed by atoms with Gasteiger partial charge in [-0.05, 0) is 36.2 Å². The Bertz CT molecular complexity index is 742. The minimum Gasteiger partial charge on any atom is -0.369 e. The molecule has 3 rings (SSSR count). The molecule has 1 saturated heterocycles. The topological polar surface area (TPSA) is 35.6 Å². The van der Waals surface area contributed by atoms with Gasteiger partial charge in [-0.3, -0.25) is 9.69 Å². The molecule has 5 heteroatoms. The van der Waals surface area contributed by atoms with Crippen molar-refractivity contribution in [2.75, 3.05) is 42.9 Å². The van der Waals surface area contributed by atoms with Gasteiger partial charge in [0, 0.05) is 55.5 Å². The van der Waals surface area contributed by atoms with E-state index in [0.717, 1.165) is 49.9 Å². The third-order valence-corrected chi connectivity index (χ3v) is 5.11. The van der Waals surface area contributed by atoms with E-state index in [2.05, 4.69) is 34.2 Å². The average Bonchev–Trinajstić information content (AvgIpc) is 2.67. The van der Waals surface area contributed by atoms with Crippen LogP contribution in [0, 0.1) is 0 Å². The molecule has 2 aromatic carbocycles. The smallest absolute Gasteiger partial charge is 0.225 e. The first-order valence-corrected chi connectivity index (χ1v) is 9.64. The molecule has 1 aliphatic heterocycles. The summed E-state index contributed by atoms with van der Waals surface area (Å²) in [5.41, 5.74) is 3.29. The summed E-state index contributed by atoms with van der Waals surface area (Å²) in [4.78, 5) is 17.0. The standard InChI is InChI=1S/C21H26ClN3O/c1-2-17-6-3-4-9-20(17)23-21(26)10-11-24-12-14-25(15-13-24)19-8-5-7-18(22)16-19/h3-9,16H,2,10-15H2,1H3,(H,23,26). The molecule has 0 saturated carbocycles. The first-order valence-electron chi connectivity index (χ1n) is 9.26. The Morgan fingerprint density at radius 2 is 1.85 bits per heavy atom. The van der Waals surface area contributed by atoms with E-state index in [1.165, 1.54) is 11.3 Å². The van der Waals surface area contributed by atoms with Crippen molar-refractivity contribution >= 4 is 28.9 Å². The molecule has 0 aliphatic carbocycles. The summed E-state index contributed by atoms with van der Waals surface area (Å²) in [7, 11) is 0. The van der Waals surface area contributed by atoms with Gasteiger partial charge in [-0.15, -0.1) is 0 Å². The first-order chi connectivity index (χ1) is 12.7. The molecular formula is C21H26ClN3O. The highest BCUT2D eigenvalue weighted by Gasteiger charge is 2.18. The van der Waals surface area contributed by atoms with Crippen LogP contribution in [0.3, 0.4) is 0 Å². The number of rotatable bonds is 6. The average molecular weight is 372 g/mol. The Morgan fingerprint density at radius 3 is 2.58 bits per heavy atom. The largest absolute Gasteiger partial charge is 0.369 e.